The second-order valence-electron chi connectivity index (χ2n) is 7.37. The zero-order chi connectivity index (χ0) is 20.6. The monoisotopic (exact) mass is 389 g/mol. The van der Waals surface area contributed by atoms with Crippen LogP contribution in [0.5, 0.6) is 5.75 Å². The molecule has 0 unspecified atom stereocenters. The van der Waals surface area contributed by atoms with Crippen LogP contribution in [0.1, 0.15) is 28.7 Å². The van der Waals surface area contributed by atoms with E-state index in [1.165, 1.54) is 4.90 Å². The lowest BCUT2D eigenvalue weighted by Crippen LogP contribution is -3.07. The van der Waals surface area contributed by atoms with Gasteiger partial charge in [0.15, 0.2) is 0 Å². The summed E-state index contributed by atoms with van der Waals surface area (Å²) in [5, 5.41) is 3.20. The maximum atomic E-state index is 13.3. The molecule has 0 saturated carbocycles. The minimum Gasteiger partial charge on any atom is -0.496 e. The van der Waals surface area contributed by atoms with Gasteiger partial charge in [-0.15, -0.1) is 0 Å². The van der Waals surface area contributed by atoms with Crippen LogP contribution in [0, 0.1) is 0 Å². The molecule has 2 N–H and O–H groups in total. The lowest BCUT2D eigenvalue weighted by molar-refractivity contribution is -0.890. The van der Waals surface area contributed by atoms with Crippen molar-refractivity contribution in [3.63, 3.8) is 0 Å². The van der Waals surface area contributed by atoms with E-state index in [4.69, 9.17) is 4.74 Å². The second kappa shape index (κ2) is 9.89. The van der Waals surface area contributed by atoms with Crippen molar-refractivity contribution >= 4 is 5.91 Å². The third-order valence-corrected chi connectivity index (χ3v) is 5.22. The van der Waals surface area contributed by atoms with Gasteiger partial charge in [-0.05, 0) is 23.3 Å². The summed E-state index contributed by atoms with van der Waals surface area (Å²) in [6.45, 7) is 0.526. The maximum Gasteiger partial charge on any atom is 0.232 e. The van der Waals surface area contributed by atoms with Crippen molar-refractivity contribution < 1.29 is 14.4 Å². The largest absolute Gasteiger partial charge is 0.496 e. The van der Waals surface area contributed by atoms with E-state index in [0.717, 1.165) is 22.4 Å². The Hall–Kier alpha value is -3.11. The highest BCUT2D eigenvalue weighted by molar-refractivity contribution is 5.87. The first-order valence-corrected chi connectivity index (χ1v) is 9.92. The molecule has 150 valence electrons. The number of hydrogen-bond acceptors (Lipinski definition) is 2. The molecule has 29 heavy (non-hydrogen) atoms. The van der Waals surface area contributed by atoms with Gasteiger partial charge in [-0.3, -0.25) is 4.79 Å². The molecule has 0 aliphatic rings. The normalized spacial score (nSPS) is 12.0. The van der Waals surface area contributed by atoms with E-state index in [-0.39, 0.29) is 17.9 Å². The van der Waals surface area contributed by atoms with E-state index in [1.807, 2.05) is 78.9 Å². The first-order chi connectivity index (χ1) is 14.1. The van der Waals surface area contributed by atoms with Gasteiger partial charge in [-0.1, -0.05) is 72.8 Å². The van der Waals surface area contributed by atoms with Crippen LogP contribution in [0.4, 0.5) is 0 Å². The third kappa shape index (κ3) is 5.04. The van der Waals surface area contributed by atoms with E-state index in [9.17, 15) is 4.79 Å². The van der Waals surface area contributed by atoms with Gasteiger partial charge in [-0.2, -0.15) is 0 Å². The molecule has 0 saturated heterocycles. The van der Waals surface area contributed by atoms with Crippen molar-refractivity contribution in [2.24, 2.45) is 0 Å². The summed E-state index contributed by atoms with van der Waals surface area (Å²) in [4.78, 5) is 14.5. The molecule has 0 aromatic heterocycles. The van der Waals surface area contributed by atoms with Crippen LogP contribution >= 0.6 is 0 Å². The van der Waals surface area contributed by atoms with E-state index < -0.39 is 0 Å². The molecule has 0 fully saturated rings. The highest BCUT2D eigenvalue weighted by Crippen LogP contribution is 2.26. The number of quaternary nitrogens is 1. The minimum atomic E-state index is -0.340. The summed E-state index contributed by atoms with van der Waals surface area (Å²) in [5.74, 6) is 0.507. The molecule has 1 amide bonds. The van der Waals surface area contributed by atoms with Crippen LogP contribution in [0.2, 0.25) is 0 Å². The number of ether oxygens (including phenoxy) is 1. The Bertz CT molecular complexity index is 871. The average Bonchev–Trinajstić information content (AvgIpc) is 2.75. The number of amides is 1. The van der Waals surface area contributed by atoms with Gasteiger partial charge < -0.3 is 15.0 Å². The zero-order valence-electron chi connectivity index (χ0n) is 17.3. The quantitative estimate of drug-likeness (QED) is 0.622. The van der Waals surface area contributed by atoms with Gasteiger partial charge in [0, 0.05) is 0 Å². The van der Waals surface area contributed by atoms with Crippen LogP contribution in [0.15, 0.2) is 84.9 Å². The van der Waals surface area contributed by atoms with Gasteiger partial charge in [0.2, 0.25) is 5.91 Å². The number of nitrogens with one attached hydrogen (secondary N) is 2. The van der Waals surface area contributed by atoms with Crippen molar-refractivity contribution in [3.8, 4) is 5.75 Å². The molecular weight excluding hydrogens is 360 g/mol. The summed E-state index contributed by atoms with van der Waals surface area (Å²) in [6.07, 6.45) is 0. The van der Waals surface area contributed by atoms with E-state index in [1.54, 1.807) is 7.11 Å². The molecule has 0 spiro atoms. The van der Waals surface area contributed by atoms with E-state index in [0.29, 0.717) is 6.54 Å². The summed E-state index contributed by atoms with van der Waals surface area (Å²) in [5.41, 5.74) is 3.07. The van der Waals surface area contributed by atoms with Crippen LogP contribution in [-0.2, 0) is 4.79 Å². The summed E-state index contributed by atoms with van der Waals surface area (Å²) in [7, 11) is 5.87. The number of benzene rings is 3. The Labute approximate surface area is 173 Å². The van der Waals surface area contributed by atoms with Crippen molar-refractivity contribution in [2.75, 3.05) is 27.7 Å². The number of carbonyl (C=O) groups is 1. The molecule has 0 aliphatic heterocycles. The van der Waals surface area contributed by atoms with Gasteiger partial charge in [0.25, 0.3) is 0 Å². The number of likely N-dealkylation sites (N-methyl/N-ethyl adjacent to an activating group) is 1. The van der Waals surface area contributed by atoms with Gasteiger partial charge in [0.1, 0.15) is 11.8 Å². The standard InChI is InChI=1S/C25H28N2O2/c1-27(2)22(21-16-10-11-17-23(21)29-3)18-26-25(28)24(19-12-6-4-7-13-19)20-14-8-5-9-15-20/h4-17,22,24H,18H2,1-3H3,(H,26,28)/p+1/t22-/m1/s1. The van der Waals surface area contributed by atoms with Crippen molar-refractivity contribution in [1.82, 2.24) is 5.32 Å². The summed E-state index contributed by atoms with van der Waals surface area (Å²) in [6, 6.07) is 27.9. The molecular formula is C25H29N2O2+. The van der Waals surface area contributed by atoms with Crippen LogP contribution in [0.25, 0.3) is 0 Å². The maximum absolute atomic E-state index is 13.3. The van der Waals surface area contributed by atoms with E-state index >= 15 is 0 Å². The molecule has 0 aliphatic carbocycles. The molecule has 4 heteroatoms. The molecule has 0 radical (unpaired) electrons. The van der Waals surface area contributed by atoms with Crippen LogP contribution in [-0.4, -0.2) is 33.7 Å². The minimum absolute atomic E-state index is 0.00329. The van der Waals surface area contributed by atoms with Crippen molar-refractivity contribution in [2.45, 2.75) is 12.0 Å². The zero-order valence-corrected chi connectivity index (χ0v) is 17.3. The predicted molar refractivity (Wildman–Crippen MR) is 116 cm³/mol. The Kier molecular flexibility index (Phi) is 7.04. The predicted octanol–water partition coefficient (Wildman–Crippen LogP) is 2.83. The van der Waals surface area contributed by atoms with Gasteiger partial charge in [0.05, 0.1) is 39.2 Å². The highest BCUT2D eigenvalue weighted by atomic mass is 16.5. The lowest BCUT2D eigenvalue weighted by atomic mass is 9.90. The fourth-order valence-corrected chi connectivity index (χ4v) is 3.67. The molecule has 3 aromatic carbocycles. The lowest BCUT2D eigenvalue weighted by Gasteiger charge is -2.25. The Balaban J connectivity index is 1.84. The second-order valence-corrected chi connectivity index (χ2v) is 7.37. The highest BCUT2D eigenvalue weighted by Gasteiger charge is 2.26. The Morgan fingerprint density at radius 3 is 1.90 bits per heavy atom. The molecule has 4 nitrogen and oxygen atoms in total. The number of hydrogen-bond donors (Lipinski definition) is 2. The third-order valence-electron chi connectivity index (χ3n) is 5.22. The smallest absolute Gasteiger partial charge is 0.232 e. The molecule has 0 bridgehead atoms. The molecule has 0 heterocycles. The first kappa shape index (κ1) is 20.6. The Morgan fingerprint density at radius 1 is 0.862 bits per heavy atom. The van der Waals surface area contributed by atoms with Crippen molar-refractivity contribution in [3.05, 3.63) is 102 Å². The summed E-state index contributed by atoms with van der Waals surface area (Å²) >= 11 is 0. The topological polar surface area (TPSA) is 42.8 Å². The number of methoxy groups -OCH3 is 1. The number of carbonyl (C=O) groups excluding carboxylic acids is 1. The van der Waals surface area contributed by atoms with Crippen molar-refractivity contribution in [1.29, 1.82) is 0 Å². The molecule has 3 aromatic rings. The molecule has 3 rings (SSSR count). The Morgan fingerprint density at radius 2 is 1.38 bits per heavy atom. The number of para-hydroxylation sites is 1. The summed E-state index contributed by atoms with van der Waals surface area (Å²) < 4.78 is 5.54. The first-order valence-electron chi connectivity index (χ1n) is 9.92. The fourth-order valence-electron chi connectivity index (χ4n) is 3.67. The van der Waals surface area contributed by atoms with Crippen LogP contribution in [0.3, 0.4) is 0 Å². The van der Waals surface area contributed by atoms with Crippen LogP contribution < -0.4 is 15.0 Å². The molecule has 1 atom stereocenters. The van der Waals surface area contributed by atoms with Gasteiger partial charge in [-0.25, -0.2) is 0 Å². The number of rotatable bonds is 8. The average molecular weight is 390 g/mol. The van der Waals surface area contributed by atoms with Gasteiger partial charge >= 0.3 is 0 Å². The van der Waals surface area contributed by atoms with E-state index in [2.05, 4.69) is 25.5 Å². The fraction of sp³-hybridized carbons (Fsp3) is 0.240. The SMILES string of the molecule is COc1ccccc1[C@@H](CNC(=O)C(c1ccccc1)c1ccccc1)[NH+](C)C.